The standard InChI is InChI=1S/C22H28N4O3S/c27-22(26-11-9-24(10-12-26)18-19-5-4-8-23-17-19)21(20-6-2-1-3-7-20)25-13-15-30(28,29)16-14-25/h1-8,17,21H,9-16,18H2. The van der Waals surface area contributed by atoms with Gasteiger partial charge in [-0.2, -0.15) is 0 Å². The summed E-state index contributed by atoms with van der Waals surface area (Å²) in [5.74, 6) is 0.298. The van der Waals surface area contributed by atoms with E-state index >= 15 is 0 Å². The van der Waals surface area contributed by atoms with Gasteiger partial charge in [0.05, 0.1) is 11.5 Å². The fourth-order valence-electron chi connectivity index (χ4n) is 4.18. The van der Waals surface area contributed by atoms with Crippen LogP contribution < -0.4 is 0 Å². The van der Waals surface area contributed by atoms with Gasteiger partial charge in [-0.05, 0) is 17.2 Å². The van der Waals surface area contributed by atoms with Crippen molar-refractivity contribution in [2.45, 2.75) is 12.6 Å². The van der Waals surface area contributed by atoms with Crippen LogP contribution in [0.2, 0.25) is 0 Å². The number of pyridine rings is 1. The highest BCUT2D eigenvalue weighted by Gasteiger charge is 2.35. The van der Waals surface area contributed by atoms with Crippen LogP contribution in [0.3, 0.4) is 0 Å². The first-order valence-corrected chi connectivity index (χ1v) is 12.2. The maximum absolute atomic E-state index is 13.5. The molecule has 0 bridgehead atoms. The second-order valence-electron chi connectivity index (χ2n) is 7.96. The summed E-state index contributed by atoms with van der Waals surface area (Å²) in [5.41, 5.74) is 2.11. The second-order valence-corrected chi connectivity index (χ2v) is 10.3. The molecule has 0 N–H and O–H groups in total. The monoisotopic (exact) mass is 428 g/mol. The molecule has 3 heterocycles. The molecule has 8 heteroatoms. The highest BCUT2D eigenvalue weighted by atomic mass is 32.2. The molecule has 1 amide bonds. The maximum Gasteiger partial charge on any atom is 0.244 e. The summed E-state index contributed by atoms with van der Waals surface area (Å²) in [6.45, 7) is 4.61. The normalized spacial score (nSPS) is 21.3. The van der Waals surface area contributed by atoms with Crippen LogP contribution in [0, 0.1) is 0 Å². The molecule has 0 spiro atoms. The highest BCUT2D eigenvalue weighted by Crippen LogP contribution is 2.26. The van der Waals surface area contributed by atoms with Crippen molar-refractivity contribution >= 4 is 15.7 Å². The minimum absolute atomic E-state index is 0.0709. The minimum Gasteiger partial charge on any atom is -0.338 e. The molecule has 0 saturated carbocycles. The summed E-state index contributed by atoms with van der Waals surface area (Å²) in [4.78, 5) is 24.0. The summed E-state index contributed by atoms with van der Waals surface area (Å²) >= 11 is 0. The predicted octanol–water partition coefficient (Wildman–Crippen LogP) is 1.20. The van der Waals surface area contributed by atoms with Gasteiger partial charge >= 0.3 is 0 Å². The highest BCUT2D eigenvalue weighted by molar-refractivity contribution is 7.91. The summed E-state index contributed by atoms with van der Waals surface area (Å²) in [7, 11) is -3.00. The van der Waals surface area contributed by atoms with Gasteiger partial charge in [0.15, 0.2) is 9.84 Å². The molecule has 2 fully saturated rings. The van der Waals surface area contributed by atoms with Crippen LogP contribution in [0.1, 0.15) is 17.2 Å². The summed E-state index contributed by atoms with van der Waals surface area (Å²) in [6, 6.07) is 13.3. The summed E-state index contributed by atoms with van der Waals surface area (Å²) < 4.78 is 23.8. The predicted molar refractivity (Wildman–Crippen MR) is 116 cm³/mol. The average molecular weight is 429 g/mol. The molecule has 30 heavy (non-hydrogen) atoms. The zero-order valence-electron chi connectivity index (χ0n) is 17.1. The van der Waals surface area contributed by atoms with Gasteiger partial charge in [0.25, 0.3) is 0 Å². The number of nitrogens with zero attached hydrogens (tertiary/aromatic N) is 4. The lowest BCUT2D eigenvalue weighted by molar-refractivity contribution is -0.139. The van der Waals surface area contributed by atoms with E-state index < -0.39 is 15.9 Å². The number of rotatable bonds is 5. The maximum atomic E-state index is 13.5. The molecule has 2 saturated heterocycles. The number of benzene rings is 1. The Morgan fingerprint density at radius 3 is 2.27 bits per heavy atom. The van der Waals surface area contributed by atoms with Gasteiger partial charge in [-0.15, -0.1) is 0 Å². The molecule has 1 atom stereocenters. The number of aromatic nitrogens is 1. The van der Waals surface area contributed by atoms with E-state index in [2.05, 4.69) is 16.0 Å². The van der Waals surface area contributed by atoms with Crippen molar-refractivity contribution in [1.82, 2.24) is 19.7 Å². The lowest BCUT2D eigenvalue weighted by Crippen LogP contribution is -2.53. The number of sulfone groups is 1. The third-order valence-corrected chi connectivity index (χ3v) is 7.52. The average Bonchev–Trinajstić information content (AvgIpc) is 2.77. The molecule has 2 aromatic rings. The molecule has 4 rings (SSSR count). The number of carbonyl (C=O) groups is 1. The molecule has 160 valence electrons. The Bertz CT molecular complexity index is 931. The Labute approximate surface area is 178 Å². The quantitative estimate of drug-likeness (QED) is 0.713. The third-order valence-electron chi connectivity index (χ3n) is 5.91. The molecule has 0 radical (unpaired) electrons. The molecular formula is C22H28N4O3S. The molecule has 2 aliphatic heterocycles. The van der Waals surface area contributed by atoms with Crippen molar-refractivity contribution in [3.8, 4) is 0 Å². The lowest BCUT2D eigenvalue weighted by Gasteiger charge is -2.40. The van der Waals surface area contributed by atoms with E-state index in [1.54, 1.807) is 6.20 Å². The summed E-state index contributed by atoms with van der Waals surface area (Å²) in [5, 5.41) is 0. The zero-order chi connectivity index (χ0) is 21.0. The number of hydrogen-bond acceptors (Lipinski definition) is 6. The first-order valence-electron chi connectivity index (χ1n) is 10.4. The number of piperazine rings is 1. The molecule has 2 aliphatic rings. The van der Waals surface area contributed by atoms with Crippen molar-refractivity contribution in [1.29, 1.82) is 0 Å². The number of amides is 1. The van der Waals surface area contributed by atoms with E-state index in [0.29, 0.717) is 26.2 Å². The van der Waals surface area contributed by atoms with Crippen LogP contribution in [-0.2, 0) is 21.2 Å². The van der Waals surface area contributed by atoms with Crippen LogP contribution in [0.25, 0.3) is 0 Å². The number of carbonyl (C=O) groups excluding carboxylic acids is 1. The first kappa shape index (κ1) is 21.0. The Morgan fingerprint density at radius 2 is 1.63 bits per heavy atom. The van der Waals surface area contributed by atoms with Gasteiger partial charge in [0.2, 0.25) is 5.91 Å². The Kier molecular flexibility index (Phi) is 6.46. The lowest BCUT2D eigenvalue weighted by atomic mass is 10.0. The summed E-state index contributed by atoms with van der Waals surface area (Å²) in [6.07, 6.45) is 3.66. The second kappa shape index (κ2) is 9.24. The van der Waals surface area contributed by atoms with E-state index in [1.165, 1.54) is 5.56 Å². The third kappa shape index (κ3) is 5.06. The van der Waals surface area contributed by atoms with Crippen LogP contribution in [-0.4, -0.2) is 84.8 Å². The molecule has 0 aliphatic carbocycles. The van der Waals surface area contributed by atoms with Crippen molar-refractivity contribution in [2.75, 3.05) is 50.8 Å². The van der Waals surface area contributed by atoms with E-state index in [1.807, 2.05) is 52.4 Å². The molecule has 1 aromatic heterocycles. The minimum atomic E-state index is -3.00. The van der Waals surface area contributed by atoms with E-state index in [-0.39, 0.29) is 17.4 Å². The fourth-order valence-corrected chi connectivity index (χ4v) is 5.41. The van der Waals surface area contributed by atoms with Crippen LogP contribution in [0.15, 0.2) is 54.9 Å². The van der Waals surface area contributed by atoms with Gasteiger partial charge in [-0.25, -0.2) is 8.42 Å². The van der Waals surface area contributed by atoms with E-state index in [9.17, 15) is 13.2 Å². The van der Waals surface area contributed by atoms with Crippen LogP contribution >= 0.6 is 0 Å². The van der Waals surface area contributed by atoms with Crippen molar-refractivity contribution in [2.24, 2.45) is 0 Å². The Balaban J connectivity index is 1.43. The zero-order valence-corrected chi connectivity index (χ0v) is 17.9. The van der Waals surface area contributed by atoms with E-state index in [0.717, 1.165) is 25.2 Å². The number of hydrogen-bond donors (Lipinski definition) is 0. The Morgan fingerprint density at radius 1 is 0.933 bits per heavy atom. The fraction of sp³-hybridized carbons (Fsp3) is 0.455. The van der Waals surface area contributed by atoms with Gasteiger partial charge < -0.3 is 4.90 Å². The Hall–Kier alpha value is -2.29. The SMILES string of the molecule is O=C(C(c1ccccc1)N1CCS(=O)(=O)CC1)N1CCN(Cc2cccnc2)CC1. The van der Waals surface area contributed by atoms with Crippen molar-refractivity contribution in [3.63, 3.8) is 0 Å². The van der Waals surface area contributed by atoms with Gasteiger partial charge in [-0.1, -0.05) is 36.4 Å². The van der Waals surface area contributed by atoms with E-state index in [4.69, 9.17) is 0 Å². The topological polar surface area (TPSA) is 73.8 Å². The van der Waals surface area contributed by atoms with Gasteiger partial charge in [-0.3, -0.25) is 19.6 Å². The largest absolute Gasteiger partial charge is 0.338 e. The molecule has 7 nitrogen and oxygen atoms in total. The smallest absolute Gasteiger partial charge is 0.244 e. The van der Waals surface area contributed by atoms with Crippen molar-refractivity contribution in [3.05, 3.63) is 66.0 Å². The molecular weight excluding hydrogens is 400 g/mol. The van der Waals surface area contributed by atoms with Gasteiger partial charge in [0, 0.05) is 58.2 Å². The molecule has 1 unspecified atom stereocenters. The molecule has 1 aromatic carbocycles. The first-order chi connectivity index (χ1) is 14.5. The van der Waals surface area contributed by atoms with Crippen LogP contribution in [0.5, 0.6) is 0 Å². The van der Waals surface area contributed by atoms with Crippen molar-refractivity contribution < 1.29 is 13.2 Å². The van der Waals surface area contributed by atoms with Crippen LogP contribution in [0.4, 0.5) is 0 Å². The van der Waals surface area contributed by atoms with Gasteiger partial charge in [0.1, 0.15) is 6.04 Å².